The Hall–Kier alpha value is -2.75. The van der Waals surface area contributed by atoms with Crippen LogP contribution >= 0.6 is 11.3 Å². The molecule has 0 atom stereocenters. The van der Waals surface area contributed by atoms with E-state index in [4.69, 9.17) is 9.16 Å². The van der Waals surface area contributed by atoms with Crippen LogP contribution in [-0.4, -0.2) is 33.5 Å². The number of hydrogen-bond acceptors (Lipinski definition) is 5. The van der Waals surface area contributed by atoms with Gasteiger partial charge in [-0.05, 0) is 48.9 Å². The Bertz CT molecular complexity index is 1100. The standard InChI is InChI=1S/C22H23FN2O4SSi/c1-15-11-20(25-8-7-18(13-19(25)26)28-9-4-10-29-31-2)30-21(15)22(27)24-14-16-5-3-6-17(23)12-16/h3,5-8,11-13H,4,9-10,14H2,1-2H3,(H,24,27). The van der Waals surface area contributed by atoms with Gasteiger partial charge < -0.3 is 14.5 Å². The third-order valence-electron chi connectivity index (χ3n) is 4.39. The number of halogens is 1. The monoisotopic (exact) mass is 458 g/mol. The quantitative estimate of drug-likeness (QED) is 0.371. The van der Waals surface area contributed by atoms with Gasteiger partial charge in [-0.25, -0.2) is 4.39 Å². The number of nitrogens with zero attached hydrogens (tertiary/aromatic N) is 1. The second kappa shape index (κ2) is 11.0. The van der Waals surface area contributed by atoms with Gasteiger partial charge in [0.05, 0.1) is 11.5 Å². The molecular weight excluding hydrogens is 435 g/mol. The maximum Gasteiger partial charge on any atom is 0.261 e. The number of aryl methyl sites for hydroxylation is 1. The molecule has 0 aliphatic heterocycles. The van der Waals surface area contributed by atoms with Crippen molar-refractivity contribution in [1.82, 2.24) is 9.88 Å². The van der Waals surface area contributed by atoms with Crippen LogP contribution in [0.15, 0.2) is 53.5 Å². The molecule has 3 aromatic rings. The number of pyridine rings is 1. The molecule has 2 radical (unpaired) electrons. The third-order valence-corrected chi connectivity index (χ3v) is 6.11. The van der Waals surface area contributed by atoms with Crippen LogP contribution < -0.4 is 15.6 Å². The molecule has 0 aliphatic carbocycles. The number of carbonyl (C=O) groups excluding carboxylic acids is 1. The van der Waals surface area contributed by atoms with E-state index >= 15 is 0 Å². The Morgan fingerprint density at radius 2 is 2.06 bits per heavy atom. The molecule has 0 spiro atoms. The molecule has 1 aromatic carbocycles. The maximum absolute atomic E-state index is 13.3. The predicted octanol–water partition coefficient (Wildman–Crippen LogP) is 3.73. The Morgan fingerprint density at radius 1 is 1.23 bits per heavy atom. The molecule has 0 saturated heterocycles. The average Bonchev–Trinajstić information content (AvgIpc) is 3.13. The number of aromatic nitrogens is 1. The molecule has 0 aliphatic rings. The molecule has 31 heavy (non-hydrogen) atoms. The van der Waals surface area contributed by atoms with Crippen molar-refractivity contribution < 1.29 is 18.3 Å². The van der Waals surface area contributed by atoms with E-state index in [0.29, 0.717) is 44.2 Å². The van der Waals surface area contributed by atoms with E-state index in [2.05, 4.69) is 5.32 Å². The summed E-state index contributed by atoms with van der Waals surface area (Å²) in [6.45, 7) is 5.11. The zero-order valence-electron chi connectivity index (χ0n) is 17.3. The first-order valence-electron chi connectivity index (χ1n) is 9.75. The van der Waals surface area contributed by atoms with Crippen LogP contribution in [0.2, 0.25) is 6.55 Å². The summed E-state index contributed by atoms with van der Waals surface area (Å²) < 4.78 is 25.7. The molecule has 9 heteroatoms. The van der Waals surface area contributed by atoms with Crippen molar-refractivity contribution in [3.8, 4) is 10.8 Å². The number of benzene rings is 1. The fourth-order valence-electron chi connectivity index (χ4n) is 2.87. The number of nitrogens with one attached hydrogen (secondary N) is 1. The molecule has 3 rings (SSSR count). The Kier molecular flexibility index (Phi) is 8.16. The molecule has 0 bridgehead atoms. The van der Waals surface area contributed by atoms with Crippen LogP contribution in [0.25, 0.3) is 5.00 Å². The highest BCUT2D eigenvalue weighted by atomic mass is 32.1. The molecule has 0 saturated carbocycles. The minimum Gasteiger partial charge on any atom is -0.493 e. The normalized spacial score (nSPS) is 10.8. The zero-order valence-corrected chi connectivity index (χ0v) is 19.1. The first-order chi connectivity index (χ1) is 15.0. The lowest BCUT2D eigenvalue weighted by atomic mass is 10.2. The molecule has 162 valence electrons. The summed E-state index contributed by atoms with van der Waals surface area (Å²) in [6, 6.07) is 11.0. The average molecular weight is 459 g/mol. The fourth-order valence-corrected chi connectivity index (χ4v) is 4.30. The third kappa shape index (κ3) is 6.36. The largest absolute Gasteiger partial charge is 0.493 e. The Balaban J connectivity index is 1.65. The van der Waals surface area contributed by atoms with Gasteiger partial charge in [0.25, 0.3) is 11.5 Å². The lowest BCUT2D eigenvalue weighted by molar-refractivity contribution is 0.0954. The highest BCUT2D eigenvalue weighted by Crippen LogP contribution is 2.25. The lowest BCUT2D eigenvalue weighted by Gasteiger charge is -2.07. The van der Waals surface area contributed by atoms with Gasteiger partial charge in [0, 0.05) is 31.8 Å². The van der Waals surface area contributed by atoms with Gasteiger partial charge in [0.15, 0.2) is 0 Å². The second-order valence-electron chi connectivity index (χ2n) is 6.73. The van der Waals surface area contributed by atoms with Crippen molar-refractivity contribution in [2.75, 3.05) is 13.2 Å². The van der Waals surface area contributed by atoms with Crippen LogP contribution in [-0.2, 0) is 11.0 Å². The topological polar surface area (TPSA) is 69.6 Å². The number of ether oxygens (including phenoxy) is 1. The van der Waals surface area contributed by atoms with Gasteiger partial charge in [-0.2, -0.15) is 0 Å². The number of thiophene rings is 1. The van der Waals surface area contributed by atoms with Gasteiger partial charge >= 0.3 is 0 Å². The summed E-state index contributed by atoms with van der Waals surface area (Å²) in [5.41, 5.74) is 1.20. The Labute approximate surface area is 186 Å². The van der Waals surface area contributed by atoms with E-state index in [9.17, 15) is 14.0 Å². The van der Waals surface area contributed by atoms with E-state index in [1.54, 1.807) is 30.5 Å². The summed E-state index contributed by atoms with van der Waals surface area (Å²) in [6.07, 6.45) is 2.39. The number of hydrogen-bond donors (Lipinski definition) is 1. The van der Waals surface area contributed by atoms with Crippen LogP contribution in [0.1, 0.15) is 27.2 Å². The minimum atomic E-state index is -0.345. The smallest absolute Gasteiger partial charge is 0.261 e. The zero-order chi connectivity index (χ0) is 22.2. The van der Waals surface area contributed by atoms with Crippen LogP contribution in [0.5, 0.6) is 5.75 Å². The summed E-state index contributed by atoms with van der Waals surface area (Å²) >= 11 is 1.23. The summed E-state index contributed by atoms with van der Waals surface area (Å²) in [5, 5.41) is 3.44. The summed E-state index contributed by atoms with van der Waals surface area (Å²) in [4.78, 5) is 25.6. The van der Waals surface area contributed by atoms with Crippen molar-refractivity contribution in [3.63, 3.8) is 0 Å². The van der Waals surface area contributed by atoms with E-state index < -0.39 is 0 Å². The van der Waals surface area contributed by atoms with Crippen LogP contribution in [0.3, 0.4) is 0 Å². The highest BCUT2D eigenvalue weighted by molar-refractivity contribution is 7.16. The van der Waals surface area contributed by atoms with Crippen molar-refractivity contribution >= 4 is 27.0 Å². The van der Waals surface area contributed by atoms with Gasteiger partial charge in [-0.3, -0.25) is 14.2 Å². The van der Waals surface area contributed by atoms with Gasteiger partial charge in [-0.15, -0.1) is 11.3 Å². The molecule has 1 amide bonds. The van der Waals surface area contributed by atoms with Crippen molar-refractivity contribution in [2.24, 2.45) is 0 Å². The summed E-state index contributed by atoms with van der Waals surface area (Å²) in [7, 11) is 0.455. The Morgan fingerprint density at radius 3 is 2.81 bits per heavy atom. The predicted molar refractivity (Wildman–Crippen MR) is 120 cm³/mol. The molecule has 2 aromatic heterocycles. The van der Waals surface area contributed by atoms with Gasteiger partial charge in [0.1, 0.15) is 16.6 Å². The first-order valence-corrected chi connectivity index (χ1v) is 12.0. The van der Waals surface area contributed by atoms with E-state index in [0.717, 1.165) is 12.0 Å². The first kappa shape index (κ1) is 22.9. The molecule has 1 N–H and O–H groups in total. The van der Waals surface area contributed by atoms with E-state index in [-0.39, 0.29) is 23.8 Å². The number of rotatable bonds is 10. The molecule has 0 fully saturated rings. The van der Waals surface area contributed by atoms with Crippen molar-refractivity contribution in [3.05, 3.63) is 80.8 Å². The van der Waals surface area contributed by atoms with Crippen molar-refractivity contribution in [2.45, 2.75) is 26.4 Å². The summed E-state index contributed by atoms with van der Waals surface area (Å²) in [5.74, 6) is -0.106. The minimum absolute atomic E-state index is 0.221. The highest BCUT2D eigenvalue weighted by Gasteiger charge is 2.15. The van der Waals surface area contributed by atoms with Crippen LogP contribution in [0.4, 0.5) is 4.39 Å². The number of carbonyl (C=O) groups is 1. The maximum atomic E-state index is 13.3. The second-order valence-corrected chi connectivity index (χ2v) is 8.46. The lowest BCUT2D eigenvalue weighted by Crippen LogP contribution is -2.22. The van der Waals surface area contributed by atoms with Gasteiger partial charge in [0.2, 0.25) is 9.76 Å². The SMILES string of the molecule is C[Si]OCCCOc1ccn(-c2cc(C)c(C(=O)NCc3cccc(F)c3)s2)c(=O)c1. The number of amides is 1. The van der Waals surface area contributed by atoms with Crippen LogP contribution in [0, 0.1) is 12.7 Å². The van der Waals surface area contributed by atoms with E-state index in [1.807, 2.05) is 13.5 Å². The molecule has 0 unspecified atom stereocenters. The fraction of sp³-hybridized carbons (Fsp3) is 0.273. The van der Waals surface area contributed by atoms with Crippen molar-refractivity contribution in [1.29, 1.82) is 0 Å². The molecular formula is C22H23FN2O4SSi. The molecule has 6 nitrogen and oxygen atoms in total. The van der Waals surface area contributed by atoms with E-state index in [1.165, 1.54) is 34.1 Å². The molecule has 2 heterocycles. The van der Waals surface area contributed by atoms with Gasteiger partial charge in [-0.1, -0.05) is 12.1 Å².